The molecule has 2 heteroatoms. The molecule has 0 aliphatic carbocycles. The quantitative estimate of drug-likeness (QED) is 0.565. The molecule has 0 fully saturated rings. The zero-order chi connectivity index (χ0) is 8.69. The van der Waals surface area contributed by atoms with Crippen molar-refractivity contribution in [2.75, 3.05) is 20.6 Å². The van der Waals surface area contributed by atoms with Crippen LogP contribution in [0.2, 0.25) is 0 Å². The molecule has 0 aromatic carbocycles. The summed E-state index contributed by atoms with van der Waals surface area (Å²) in [6.07, 6.45) is 3.43. The normalized spacial score (nSPS) is 13.0. The van der Waals surface area contributed by atoms with Crippen LogP contribution >= 0.6 is 0 Å². The second kappa shape index (κ2) is 6.18. The van der Waals surface area contributed by atoms with Crippen molar-refractivity contribution in [3.8, 4) is 6.07 Å². The molecule has 0 aromatic rings. The van der Waals surface area contributed by atoms with Gasteiger partial charge in [0.2, 0.25) is 0 Å². The largest absolute Gasteiger partial charge is 0.309 e. The third-order valence-electron chi connectivity index (χ3n) is 1.71. The third-order valence-corrected chi connectivity index (χ3v) is 1.71. The minimum absolute atomic E-state index is 0.233. The van der Waals surface area contributed by atoms with Gasteiger partial charge in [-0.15, -0.1) is 0 Å². The van der Waals surface area contributed by atoms with Gasteiger partial charge in [-0.2, -0.15) is 5.26 Å². The Morgan fingerprint density at radius 3 is 2.45 bits per heavy atom. The monoisotopic (exact) mass is 154 g/mol. The van der Waals surface area contributed by atoms with Crippen molar-refractivity contribution in [1.82, 2.24) is 4.90 Å². The van der Waals surface area contributed by atoms with Crippen molar-refractivity contribution >= 4 is 0 Å². The number of nitriles is 1. The second-order valence-electron chi connectivity index (χ2n) is 3.33. The SMILES string of the molecule is CC(C#N)CCCCN(C)C. The fraction of sp³-hybridized carbons (Fsp3) is 0.889. The van der Waals surface area contributed by atoms with Crippen LogP contribution < -0.4 is 0 Å². The molecule has 0 aliphatic heterocycles. The average Bonchev–Trinajstić information content (AvgIpc) is 1.97. The van der Waals surface area contributed by atoms with Crippen LogP contribution in [0.25, 0.3) is 0 Å². The molecule has 0 saturated carbocycles. The van der Waals surface area contributed by atoms with Crippen molar-refractivity contribution in [3.05, 3.63) is 0 Å². The van der Waals surface area contributed by atoms with Crippen LogP contribution in [0.1, 0.15) is 26.2 Å². The smallest absolute Gasteiger partial charge is 0.0652 e. The summed E-state index contributed by atoms with van der Waals surface area (Å²) >= 11 is 0. The van der Waals surface area contributed by atoms with E-state index in [-0.39, 0.29) is 5.92 Å². The summed E-state index contributed by atoms with van der Waals surface area (Å²) in [7, 11) is 4.15. The first-order valence-electron chi connectivity index (χ1n) is 4.21. The molecule has 0 N–H and O–H groups in total. The van der Waals surface area contributed by atoms with Crippen LogP contribution in [0.5, 0.6) is 0 Å². The maximum Gasteiger partial charge on any atom is 0.0652 e. The van der Waals surface area contributed by atoms with E-state index < -0.39 is 0 Å². The predicted octanol–water partition coefficient (Wildman–Crippen LogP) is 1.88. The summed E-state index contributed by atoms with van der Waals surface area (Å²) in [6.45, 7) is 3.12. The summed E-state index contributed by atoms with van der Waals surface area (Å²) in [5.74, 6) is 0.233. The lowest BCUT2D eigenvalue weighted by atomic mass is 10.1. The third kappa shape index (κ3) is 7.35. The van der Waals surface area contributed by atoms with Crippen LogP contribution in [0.4, 0.5) is 0 Å². The van der Waals surface area contributed by atoms with Crippen LogP contribution in [0.3, 0.4) is 0 Å². The van der Waals surface area contributed by atoms with E-state index in [9.17, 15) is 0 Å². The number of rotatable bonds is 5. The average molecular weight is 154 g/mol. The van der Waals surface area contributed by atoms with Gasteiger partial charge in [-0.1, -0.05) is 6.42 Å². The van der Waals surface area contributed by atoms with Crippen molar-refractivity contribution in [2.24, 2.45) is 5.92 Å². The number of unbranched alkanes of at least 4 members (excludes halogenated alkanes) is 1. The fourth-order valence-corrected chi connectivity index (χ4v) is 0.943. The van der Waals surface area contributed by atoms with Crippen LogP contribution in [0, 0.1) is 17.2 Å². The molecular formula is C9H18N2. The van der Waals surface area contributed by atoms with E-state index in [1.165, 1.54) is 12.8 Å². The lowest BCUT2D eigenvalue weighted by Gasteiger charge is -2.08. The molecule has 0 bridgehead atoms. The minimum Gasteiger partial charge on any atom is -0.309 e. The predicted molar refractivity (Wildman–Crippen MR) is 47.2 cm³/mol. The fourth-order valence-electron chi connectivity index (χ4n) is 0.943. The van der Waals surface area contributed by atoms with E-state index in [4.69, 9.17) is 5.26 Å². The van der Waals surface area contributed by atoms with Gasteiger partial charge < -0.3 is 4.90 Å². The van der Waals surface area contributed by atoms with Crippen LogP contribution in [0.15, 0.2) is 0 Å². The summed E-state index contributed by atoms with van der Waals surface area (Å²) < 4.78 is 0. The van der Waals surface area contributed by atoms with Crippen molar-refractivity contribution in [2.45, 2.75) is 26.2 Å². The summed E-state index contributed by atoms with van der Waals surface area (Å²) in [5.41, 5.74) is 0. The molecule has 0 heterocycles. The Kier molecular flexibility index (Phi) is 5.87. The highest BCUT2D eigenvalue weighted by Crippen LogP contribution is 2.05. The van der Waals surface area contributed by atoms with Gasteiger partial charge in [0.15, 0.2) is 0 Å². The van der Waals surface area contributed by atoms with Gasteiger partial charge in [-0.05, 0) is 40.4 Å². The lowest BCUT2D eigenvalue weighted by Crippen LogP contribution is -2.12. The Morgan fingerprint density at radius 1 is 1.36 bits per heavy atom. The Morgan fingerprint density at radius 2 is 2.00 bits per heavy atom. The van der Waals surface area contributed by atoms with Gasteiger partial charge in [0.1, 0.15) is 0 Å². The van der Waals surface area contributed by atoms with Gasteiger partial charge >= 0.3 is 0 Å². The number of hydrogen-bond donors (Lipinski definition) is 0. The molecule has 0 saturated heterocycles. The molecule has 0 aliphatic rings. The Balaban J connectivity index is 3.10. The summed E-state index contributed by atoms with van der Waals surface area (Å²) in [6, 6.07) is 2.24. The molecule has 0 rings (SSSR count). The van der Waals surface area contributed by atoms with Gasteiger partial charge in [0, 0.05) is 5.92 Å². The van der Waals surface area contributed by atoms with E-state index in [0.29, 0.717) is 0 Å². The molecule has 0 aromatic heterocycles. The standard InChI is InChI=1S/C9H18N2/c1-9(8-10)6-4-5-7-11(2)3/h9H,4-7H2,1-3H3. The van der Waals surface area contributed by atoms with E-state index >= 15 is 0 Å². The molecule has 64 valence electrons. The zero-order valence-corrected chi connectivity index (χ0v) is 7.80. The zero-order valence-electron chi connectivity index (χ0n) is 7.80. The maximum absolute atomic E-state index is 8.48. The highest BCUT2D eigenvalue weighted by molar-refractivity contribution is 4.77. The highest BCUT2D eigenvalue weighted by atomic mass is 15.0. The molecule has 2 nitrogen and oxygen atoms in total. The van der Waals surface area contributed by atoms with E-state index in [2.05, 4.69) is 25.1 Å². The van der Waals surface area contributed by atoms with Crippen molar-refractivity contribution < 1.29 is 0 Å². The van der Waals surface area contributed by atoms with Gasteiger partial charge in [-0.3, -0.25) is 0 Å². The molecular weight excluding hydrogens is 136 g/mol. The van der Waals surface area contributed by atoms with Gasteiger partial charge in [0.25, 0.3) is 0 Å². The molecule has 0 spiro atoms. The van der Waals surface area contributed by atoms with Crippen molar-refractivity contribution in [3.63, 3.8) is 0 Å². The first-order valence-corrected chi connectivity index (χ1v) is 4.21. The summed E-state index contributed by atoms with van der Waals surface area (Å²) in [4.78, 5) is 2.18. The van der Waals surface area contributed by atoms with E-state index in [0.717, 1.165) is 13.0 Å². The van der Waals surface area contributed by atoms with Crippen molar-refractivity contribution in [1.29, 1.82) is 5.26 Å². The first-order chi connectivity index (χ1) is 5.16. The van der Waals surface area contributed by atoms with Gasteiger partial charge in [-0.25, -0.2) is 0 Å². The maximum atomic E-state index is 8.48. The molecule has 1 unspecified atom stereocenters. The highest BCUT2D eigenvalue weighted by Gasteiger charge is 1.98. The Labute approximate surface area is 69.8 Å². The topological polar surface area (TPSA) is 27.0 Å². The number of hydrogen-bond acceptors (Lipinski definition) is 2. The Hall–Kier alpha value is -0.550. The van der Waals surface area contributed by atoms with Crippen LogP contribution in [-0.4, -0.2) is 25.5 Å². The molecule has 0 radical (unpaired) electrons. The summed E-state index contributed by atoms with van der Waals surface area (Å²) in [5, 5.41) is 8.48. The number of nitrogens with zero attached hydrogens (tertiary/aromatic N) is 2. The first kappa shape index (κ1) is 10.4. The molecule has 1 atom stereocenters. The van der Waals surface area contributed by atoms with E-state index in [1.807, 2.05) is 6.92 Å². The molecule has 11 heavy (non-hydrogen) atoms. The lowest BCUT2D eigenvalue weighted by molar-refractivity contribution is 0.387. The molecule has 0 amide bonds. The van der Waals surface area contributed by atoms with Gasteiger partial charge in [0.05, 0.1) is 6.07 Å². The van der Waals surface area contributed by atoms with Crippen LogP contribution in [-0.2, 0) is 0 Å². The van der Waals surface area contributed by atoms with E-state index in [1.54, 1.807) is 0 Å². The Bertz CT molecular complexity index is 124. The second-order valence-corrected chi connectivity index (χ2v) is 3.33. The minimum atomic E-state index is 0.233.